The van der Waals surface area contributed by atoms with Gasteiger partial charge in [-0.15, -0.1) is 9.24 Å². The minimum atomic E-state index is 0.285. The molecule has 1 aliphatic rings. The number of rotatable bonds is 1. The predicted octanol–water partition coefficient (Wildman–Crippen LogP) is 4.44. The summed E-state index contributed by atoms with van der Waals surface area (Å²) in [6, 6.07) is 0. The molecule has 0 radical (unpaired) electrons. The molecule has 0 aromatic heterocycles. The third kappa shape index (κ3) is 2.72. The van der Waals surface area contributed by atoms with E-state index >= 15 is 0 Å². The summed E-state index contributed by atoms with van der Waals surface area (Å²) in [7, 11) is 2.85. The summed E-state index contributed by atoms with van der Waals surface area (Å²) in [4.78, 5) is 0. The molecule has 0 amide bonds. The Bertz CT molecular complexity index is 294. The molecule has 86 valence electrons. The van der Waals surface area contributed by atoms with Gasteiger partial charge in [-0.05, 0) is 22.6 Å². The first-order valence-electron chi connectivity index (χ1n) is 5.79. The van der Waals surface area contributed by atoms with Crippen molar-refractivity contribution in [1.29, 1.82) is 0 Å². The van der Waals surface area contributed by atoms with Crippen LogP contribution in [0.4, 0.5) is 0 Å². The zero-order valence-corrected chi connectivity index (χ0v) is 12.2. The maximum atomic E-state index is 2.85. The van der Waals surface area contributed by atoms with E-state index in [0.29, 0.717) is 11.3 Å². The first kappa shape index (κ1) is 13.0. The summed E-state index contributed by atoms with van der Waals surface area (Å²) in [5.74, 6) is 0.605. The second-order valence-corrected chi connectivity index (χ2v) is 7.00. The van der Waals surface area contributed by atoms with Crippen molar-refractivity contribution in [3.05, 3.63) is 23.3 Å². The Kier molecular flexibility index (Phi) is 3.51. The van der Waals surface area contributed by atoms with Crippen molar-refractivity contribution in [2.24, 2.45) is 16.7 Å². The molecule has 0 nitrogen and oxygen atoms in total. The molecule has 0 heterocycles. The molecule has 2 atom stereocenters. The SMILES string of the molecule is CC(C)(C)C1=C(CP)C=CC1C(C)(C)C. The van der Waals surface area contributed by atoms with Crippen molar-refractivity contribution in [2.75, 3.05) is 6.16 Å². The molecule has 1 heteroatoms. The van der Waals surface area contributed by atoms with Crippen LogP contribution in [0.2, 0.25) is 0 Å². The molecule has 0 saturated carbocycles. The van der Waals surface area contributed by atoms with Crippen LogP contribution in [0.15, 0.2) is 23.3 Å². The first-order valence-corrected chi connectivity index (χ1v) is 6.61. The van der Waals surface area contributed by atoms with Gasteiger partial charge in [0.05, 0.1) is 0 Å². The molecule has 0 fully saturated rings. The van der Waals surface area contributed by atoms with Crippen molar-refractivity contribution in [1.82, 2.24) is 0 Å². The minimum Gasteiger partial charge on any atom is -0.133 e. The van der Waals surface area contributed by atoms with Gasteiger partial charge in [-0.1, -0.05) is 59.3 Å². The van der Waals surface area contributed by atoms with E-state index in [1.165, 1.54) is 5.57 Å². The fourth-order valence-corrected chi connectivity index (χ4v) is 2.80. The lowest BCUT2D eigenvalue weighted by atomic mass is 9.69. The molecule has 0 aromatic carbocycles. The third-order valence-corrected chi connectivity index (χ3v) is 3.55. The maximum Gasteiger partial charge on any atom is 0.00398 e. The van der Waals surface area contributed by atoms with E-state index in [1.54, 1.807) is 5.57 Å². The highest BCUT2D eigenvalue weighted by molar-refractivity contribution is 7.16. The molecule has 0 spiro atoms. The third-order valence-electron chi connectivity index (χ3n) is 3.11. The normalized spacial score (nSPS) is 22.7. The van der Waals surface area contributed by atoms with Crippen molar-refractivity contribution >= 4 is 9.24 Å². The predicted molar refractivity (Wildman–Crippen MR) is 73.1 cm³/mol. The van der Waals surface area contributed by atoms with Gasteiger partial charge in [0.25, 0.3) is 0 Å². The van der Waals surface area contributed by atoms with Gasteiger partial charge in [0, 0.05) is 5.92 Å². The Morgan fingerprint density at radius 1 is 1.13 bits per heavy atom. The highest BCUT2D eigenvalue weighted by Gasteiger charge is 2.35. The molecule has 0 saturated heterocycles. The Morgan fingerprint density at radius 3 is 2.00 bits per heavy atom. The number of hydrogen-bond donors (Lipinski definition) is 0. The number of allylic oxidation sites excluding steroid dienone is 4. The zero-order valence-electron chi connectivity index (χ0n) is 11.0. The standard InChI is InChI=1S/C14H25P/c1-13(2,3)11-8-7-10(9-15)12(11)14(4,5)6/h7-8,11H,9,15H2,1-6H3. The summed E-state index contributed by atoms with van der Waals surface area (Å²) < 4.78 is 0. The van der Waals surface area contributed by atoms with Crippen molar-refractivity contribution in [3.8, 4) is 0 Å². The van der Waals surface area contributed by atoms with Crippen LogP contribution in [0.25, 0.3) is 0 Å². The second-order valence-electron chi connectivity index (χ2n) is 6.60. The summed E-state index contributed by atoms with van der Waals surface area (Å²) in [6.45, 7) is 14.0. The van der Waals surface area contributed by atoms with Crippen LogP contribution in [0, 0.1) is 16.7 Å². The fourth-order valence-electron chi connectivity index (χ4n) is 2.45. The van der Waals surface area contributed by atoms with Gasteiger partial charge >= 0.3 is 0 Å². The summed E-state index contributed by atoms with van der Waals surface area (Å²) in [5, 5.41) is 0. The smallest absolute Gasteiger partial charge is 0.00398 e. The van der Waals surface area contributed by atoms with E-state index in [1.807, 2.05) is 0 Å². The fraction of sp³-hybridized carbons (Fsp3) is 0.714. The van der Waals surface area contributed by atoms with Crippen molar-refractivity contribution in [3.63, 3.8) is 0 Å². The largest absolute Gasteiger partial charge is 0.133 e. The highest BCUT2D eigenvalue weighted by atomic mass is 31.0. The molecular weight excluding hydrogens is 199 g/mol. The van der Waals surface area contributed by atoms with Crippen LogP contribution in [0.5, 0.6) is 0 Å². The van der Waals surface area contributed by atoms with Crippen LogP contribution in [0.1, 0.15) is 41.5 Å². The van der Waals surface area contributed by atoms with Gasteiger partial charge < -0.3 is 0 Å². The zero-order chi connectivity index (χ0) is 11.9. The Labute approximate surface area is 97.4 Å². The molecule has 1 aliphatic carbocycles. The van der Waals surface area contributed by atoms with E-state index in [9.17, 15) is 0 Å². The molecule has 1 rings (SSSR count). The van der Waals surface area contributed by atoms with Crippen LogP contribution in [-0.4, -0.2) is 6.16 Å². The van der Waals surface area contributed by atoms with E-state index in [4.69, 9.17) is 0 Å². The lowest BCUT2D eigenvalue weighted by Crippen LogP contribution is -2.26. The Balaban J connectivity index is 3.16. The summed E-state index contributed by atoms with van der Waals surface area (Å²) in [6.07, 6.45) is 5.79. The van der Waals surface area contributed by atoms with E-state index in [0.717, 1.165) is 6.16 Å². The molecule has 0 aliphatic heterocycles. The van der Waals surface area contributed by atoms with Gasteiger partial charge in [0.15, 0.2) is 0 Å². The van der Waals surface area contributed by atoms with Crippen LogP contribution in [-0.2, 0) is 0 Å². The summed E-state index contributed by atoms with van der Waals surface area (Å²) in [5.41, 5.74) is 3.77. The quantitative estimate of drug-likeness (QED) is 0.578. The highest BCUT2D eigenvalue weighted by Crippen LogP contribution is 2.46. The van der Waals surface area contributed by atoms with Crippen molar-refractivity contribution < 1.29 is 0 Å². The van der Waals surface area contributed by atoms with Gasteiger partial charge in [0.2, 0.25) is 0 Å². The van der Waals surface area contributed by atoms with Crippen molar-refractivity contribution in [2.45, 2.75) is 41.5 Å². The first-order chi connectivity index (χ1) is 6.68. The molecular formula is C14H25P. The van der Waals surface area contributed by atoms with Gasteiger partial charge in [0.1, 0.15) is 0 Å². The Morgan fingerprint density at radius 2 is 1.67 bits per heavy atom. The lowest BCUT2D eigenvalue weighted by molar-refractivity contribution is 0.291. The monoisotopic (exact) mass is 224 g/mol. The van der Waals surface area contributed by atoms with E-state index in [2.05, 4.69) is 62.9 Å². The summed E-state index contributed by atoms with van der Waals surface area (Å²) >= 11 is 0. The topological polar surface area (TPSA) is 0 Å². The maximum absolute atomic E-state index is 2.85. The lowest BCUT2D eigenvalue weighted by Gasteiger charge is -2.36. The van der Waals surface area contributed by atoms with E-state index in [-0.39, 0.29) is 5.41 Å². The van der Waals surface area contributed by atoms with Gasteiger partial charge in [-0.2, -0.15) is 0 Å². The average molecular weight is 224 g/mol. The van der Waals surface area contributed by atoms with Crippen LogP contribution >= 0.6 is 9.24 Å². The van der Waals surface area contributed by atoms with Gasteiger partial charge in [-0.3, -0.25) is 0 Å². The molecule has 0 bridgehead atoms. The molecule has 2 unspecified atom stereocenters. The Hall–Kier alpha value is -0.0900. The molecule has 0 N–H and O–H groups in total. The van der Waals surface area contributed by atoms with Crippen LogP contribution in [0.3, 0.4) is 0 Å². The van der Waals surface area contributed by atoms with Gasteiger partial charge in [-0.25, -0.2) is 0 Å². The minimum absolute atomic E-state index is 0.285. The second kappa shape index (κ2) is 4.06. The average Bonchev–Trinajstić information content (AvgIpc) is 2.44. The number of hydrogen-bond acceptors (Lipinski definition) is 0. The van der Waals surface area contributed by atoms with E-state index < -0.39 is 0 Å². The molecule has 15 heavy (non-hydrogen) atoms. The molecule has 0 aromatic rings. The van der Waals surface area contributed by atoms with Crippen LogP contribution < -0.4 is 0 Å².